The molecule has 0 saturated carbocycles. The first kappa shape index (κ1) is 28.4. The van der Waals surface area contributed by atoms with Crippen molar-refractivity contribution >= 4 is 22.9 Å². The number of hydrogen-bond acceptors (Lipinski definition) is 7. The average Bonchev–Trinajstić information content (AvgIpc) is 3.37. The van der Waals surface area contributed by atoms with E-state index in [-0.39, 0.29) is 5.78 Å². The van der Waals surface area contributed by atoms with E-state index in [2.05, 4.69) is 56.9 Å². The lowest BCUT2D eigenvalue weighted by Crippen LogP contribution is -2.46. The van der Waals surface area contributed by atoms with Gasteiger partial charge in [0.05, 0.1) is 38.9 Å². The third kappa shape index (κ3) is 6.78. The molecule has 4 aromatic rings. The van der Waals surface area contributed by atoms with Crippen LogP contribution >= 0.6 is 0 Å². The number of methoxy groups -OCH3 is 3. The quantitative estimate of drug-likeness (QED) is 0.224. The van der Waals surface area contributed by atoms with Gasteiger partial charge in [-0.05, 0) is 29.8 Å². The highest BCUT2D eigenvalue weighted by Gasteiger charge is 2.21. The summed E-state index contributed by atoms with van der Waals surface area (Å²) >= 11 is 0. The second-order valence-corrected chi connectivity index (χ2v) is 10.1. The van der Waals surface area contributed by atoms with Crippen molar-refractivity contribution in [2.45, 2.75) is 19.5 Å². The second-order valence-electron chi connectivity index (χ2n) is 10.1. The lowest BCUT2D eigenvalue weighted by Gasteiger charge is -2.34. The highest BCUT2D eigenvalue weighted by molar-refractivity contribution is 5.97. The van der Waals surface area contributed by atoms with Crippen LogP contribution in [0.25, 0.3) is 17.1 Å². The Morgan fingerprint density at radius 1 is 0.854 bits per heavy atom. The summed E-state index contributed by atoms with van der Waals surface area (Å²) in [5.74, 6) is 2.41. The summed E-state index contributed by atoms with van der Waals surface area (Å²) in [7, 11) is 4.66. The van der Waals surface area contributed by atoms with Crippen LogP contribution in [0.1, 0.15) is 28.2 Å². The van der Waals surface area contributed by atoms with E-state index >= 15 is 0 Å². The summed E-state index contributed by atoms with van der Waals surface area (Å²) in [4.78, 5) is 23.2. The first-order chi connectivity index (χ1) is 20.1. The van der Waals surface area contributed by atoms with E-state index in [9.17, 15) is 4.79 Å². The van der Waals surface area contributed by atoms with Crippen LogP contribution in [0, 0.1) is 0 Å². The maximum Gasteiger partial charge on any atom is 0.203 e. The normalized spacial score (nSPS) is 14.5. The summed E-state index contributed by atoms with van der Waals surface area (Å²) in [6.45, 7) is 6.22. The SMILES string of the molecule is COc1cc(C(=O)CCn2c(CN3CCN(CC=Cc4ccccc4)CC3)nc3ccccc32)cc(OC)c1OC. The molecule has 1 saturated heterocycles. The number of benzene rings is 3. The fourth-order valence-corrected chi connectivity index (χ4v) is 5.33. The van der Waals surface area contributed by atoms with Gasteiger partial charge in [0.1, 0.15) is 5.82 Å². The number of aryl methyl sites for hydroxylation is 1. The molecule has 0 amide bonds. The van der Waals surface area contributed by atoms with Gasteiger partial charge in [-0.25, -0.2) is 4.98 Å². The lowest BCUT2D eigenvalue weighted by atomic mass is 10.1. The number of ketones is 1. The molecule has 0 spiro atoms. The average molecular weight is 555 g/mol. The Hall–Kier alpha value is -4.14. The second kappa shape index (κ2) is 13.5. The Labute approximate surface area is 241 Å². The number of para-hydroxylation sites is 2. The molecule has 1 aliphatic heterocycles. The van der Waals surface area contributed by atoms with Gasteiger partial charge < -0.3 is 18.8 Å². The molecule has 0 atom stereocenters. The maximum atomic E-state index is 13.3. The van der Waals surface area contributed by atoms with E-state index in [0.29, 0.717) is 35.8 Å². The number of piperazine rings is 1. The number of hydrogen-bond donors (Lipinski definition) is 0. The number of carbonyl (C=O) groups is 1. The van der Waals surface area contributed by atoms with Gasteiger partial charge in [-0.2, -0.15) is 0 Å². The zero-order valence-corrected chi connectivity index (χ0v) is 24.1. The standard InChI is InChI=1S/C33H38N4O4/c1-39-30-22-26(23-31(40-2)33(30)41-3)29(38)15-17-37-28-14-8-7-13-27(28)34-32(37)24-36-20-18-35(19-21-36)16-9-12-25-10-5-4-6-11-25/h4-14,22-23H,15-21,24H2,1-3H3. The summed E-state index contributed by atoms with van der Waals surface area (Å²) in [5.41, 5.74) is 3.76. The Morgan fingerprint density at radius 2 is 1.51 bits per heavy atom. The molecular weight excluding hydrogens is 516 g/mol. The van der Waals surface area contributed by atoms with Crippen molar-refractivity contribution < 1.29 is 19.0 Å². The Morgan fingerprint density at radius 3 is 2.20 bits per heavy atom. The monoisotopic (exact) mass is 554 g/mol. The Kier molecular flexibility index (Phi) is 9.33. The predicted molar refractivity (Wildman–Crippen MR) is 162 cm³/mol. The number of carbonyl (C=O) groups excluding carboxylic acids is 1. The van der Waals surface area contributed by atoms with Gasteiger partial charge in [0.25, 0.3) is 0 Å². The fourth-order valence-electron chi connectivity index (χ4n) is 5.33. The number of aromatic nitrogens is 2. The number of ether oxygens (including phenoxy) is 3. The third-order valence-corrected chi connectivity index (χ3v) is 7.59. The highest BCUT2D eigenvalue weighted by atomic mass is 16.5. The van der Waals surface area contributed by atoms with Gasteiger partial charge in [0.15, 0.2) is 17.3 Å². The predicted octanol–water partition coefficient (Wildman–Crippen LogP) is 5.17. The number of nitrogens with zero attached hydrogens (tertiary/aromatic N) is 4. The van der Waals surface area contributed by atoms with E-state index < -0.39 is 0 Å². The summed E-state index contributed by atoms with van der Waals surface area (Å²) < 4.78 is 18.5. The van der Waals surface area contributed by atoms with Gasteiger partial charge >= 0.3 is 0 Å². The number of imidazole rings is 1. The van der Waals surface area contributed by atoms with E-state index in [1.165, 1.54) is 5.56 Å². The highest BCUT2D eigenvalue weighted by Crippen LogP contribution is 2.38. The van der Waals surface area contributed by atoms with Gasteiger partial charge in [0.2, 0.25) is 5.75 Å². The fraction of sp³-hybridized carbons (Fsp3) is 0.333. The largest absolute Gasteiger partial charge is 0.493 e. The van der Waals surface area contributed by atoms with Gasteiger partial charge in [-0.3, -0.25) is 14.6 Å². The van der Waals surface area contributed by atoms with Gasteiger partial charge in [-0.1, -0.05) is 54.6 Å². The first-order valence-electron chi connectivity index (χ1n) is 14.0. The molecule has 0 radical (unpaired) electrons. The van der Waals surface area contributed by atoms with Crippen LogP contribution in [-0.2, 0) is 13.1 Å². The van der Waals surface area contributed by atoms with E-state index in [1.807, 2.05) is 24.3 Å². The maximum absolute atomic E-state index is 13.3. The van der Waals surface area contributed by atoms with E-state index in [0.717, 1.165) is 56.1 Å². The minimum absolute atomic E-state index is 0.00477. The minimum Gasteiger partial charge on any atom is -0.493 e. The summed E-state index contributed by atoms with van der Waals surface area (Å²) in [6, 6.07) is 22.0. The van der Waals surface area contributed by atoms with Crippen molar-refractivity contribution in [3.63, 3.8) is 0 Å². The molecule has 1 fully saturated rings. The molecule has 5 rings (SSSR count). The van der Waals surface area contributed by atoms with Crippen LogP contribution in [-0.4, -0.2) is 79.2 Å². The van der Waals surface area contributed by atoms with Gasteiger partial charge in [0, 0.05) is 51.3 Å². The van der Waals surface area contributed by atoms with Crippen LogP contribution in [0.2, 0.25) is 0 Å². The zero-order chi connectivity index (χ0) is 28.6. The van der Waals surface area contributed by atoms with E-state index in [4.69, 9.17) is 19.2 Å². The smallest absolute Gasteiger partial charge is 0.203 e. The van der Waals surface area contributed by atoms with E-state index in [1.54, 1.807) is 33.5 Å². The Balaban J connectivity index is 1.24. The Bertz CT molecular complexity index is 1460. The molecule has 0 bridgehead atoms. The topological polar surface area (TPSA) is 69.1 Å². The molecule has 8 nitrogen and oxygen atoms in total. The van der Waals surface area contributed by atoms with Crippen molar-refractivity contribution in [1.29, 1.82) is 0 Å². The molecular formula is C33H38N4O4. The number of rotatable bonds is 12. The lowest BCUT2D eigenvalue weighted by molar-refractivity contribution is 0.0975. The first-order valence-corrected chi connectivity index (χ1v) is 14.0. The van der Waals surface area contributed by atoms with Crippen LogP contribution in [0.4, 0.5) is 0 Å². The van der Waals surface area contributed by atoms with Crippen molar-refractivity contribution in [3.8, 4) is 17.2 Å². The van der Waals surface area contributed by atoms with Crippen LogP contribution in [0.3, 0.4) is 0 Å². The molecule has 0 aliphatic carbocycles. The number of fused-ring (bicyclic) bond motifs is 1. The molecule has 2 heterocycles. The van der Waals surface area contributed by atoms with Gasteiger partial charge in [-0.15, -0.1) is 0 Å². The van der Waals surface area contributed by atoms with Crippen molar-refractivity contribution in [2.75, 3.05) is 54.1 Å². The molecule has 3 aromatic carbocycles. The molecule has 214 valence electrons. The summed E-state index contributed by atoms with van der Waals surface area (Å²) in [5, 5.41) is 0. The van der Waals surface area contributed by atoms with Crippen LogP contribution < -0.4 is 14.2 Å². The number of Topliss-reactive ketones (excluding diaryl/α,β-unsaturated/α-hetero) is 1. The van der Waals surface area contributed by atoms with Crippen molar-refractivity contribution in [3.05, 3.63) is 89.8 Å². The molecule has 1 aromatic heterocycles. The van der Waals surface area contributed by atoms with Crippen LogP contribution in [0.15, 0.2) is 72.8 Å². The third-order valence-electron chi connectivity index (χ3n) is 7.59. The summed E-state index contributed by atoms with van der Waals surface area (Å²) in [6.07, 6.45) is 4.76. The molecule has 0 N–H and O–H groups in total. The van der Waals surface area contributed by atoms with Crippen LogP contribution in [0.5, 0.6) is 17.2 Å². The molecule has 41 heavy (non-hydrogen) atoms. The molecule has 1 aliphatic rings. The minimum atomic E-state index is 0.00477. The van der Waals surface area contributed by atoms with Crippen molar-refractivity contribution in [1.82, 2.24) is 19.4 Å². The molecule has 0 unspecified atom stereocenters. The molecule has 8 heteroatoms. The zero-order valence-electron chi connectivity index (χ0n) is 24.1. The van der Waals surface area contributed by atoms with Crippen molar-refractivity contribution in [2.24, 2.45) is 0 Å².